The summed E-state index contributed by atoms with van der Waals surface area (Å²) in [6.07, 6.45) is 0. The highest BCUT2D eigenvalue weighted by molar-refractivity contribution is 7.89. The molecule has 0 aromatic heterocycles. The van der Waals surface area contributed by atoms with Crippen molar-refractivity contribution in [2.45, 2.75) is 18.7 Å². The van der Waals surface area contributed by atoms with E-state index in [0.29, 0.717) is 5.69 Å². The minimum Gasteiger partial charge on any atom is -0.354 e. The molecular formula is C14H15N3O4S. The van der Waals surface area contributed by atoms with Crippen molar-refractivity contribution in [2.24, 2.45) is 5.14 Å². The van der Waals surface area contributed by atoms with Crippen molar-refractivity contribution in [3.63, 3.8) is 0 Å². The Hall–Kier alpha value is -2.45. The van der Waals surface area contributed by atoms with Gasteiger partial charge in [-0.15, -0.1) is 0 Å². The number of nitrogens with zero attached hydrogens (tertiary/aromatic N) is 1. The van der Waals surface area contributed by atoms with E-state index in [1.165, 1.54) is 12.1 Å². The molecule has 0 amide bonds. The summed E-state index contributed by atoms with van der Waals surface area (Å²) in [4.78, 5) is 9.80. The minimum absolute atomic E-state index is 0.193. The molecule has 7 nitrogen and oxygen atoms in total. The number of nitro benzene ring substituents is 1. The van der Waals surface area contributed by atoms with Gasteiger partial charge in [-0.25, -0.2) is 13.6 Å². The van der Waals surface area contributed by atoms with Gasteiger partial charge in [0.05, 0.1) is 10.6 Å². The average Bonchev–Trinajstić information content (AvgIpc) is 2.36. The number of primary sulfonamides is 1. The summed E-state index contributed by atoms with van der Waals surface area (Å²) >= 11 is 0. The van der Waals surface area contributed by atoms with Crippen LogP contribution in [0.25, 0.3) is 0 Å². The molecule has 0 bridgehead atoms. The first kappa shape index (κ1) is 15.9. The Bertz CT molecular complexity index is 827. The van der Waals surface area contributed by atoms with Gasteiger partial charge in [0.25, 0.3) is 5.69 Å². The summed E-state index contributed by atoms with van der Waals surface area (Å²) in [5.74, 6) is 0. The molecule has 116 valence electrons. The van der Waals surface area contributed by atoms with Gasteiger partial charge in [-0.2, -0.15) is 0 Å². The molecule has 0 spiro atoms. The molecule has 0 unspecified atom stereocenters. The second-order valence-corrected chi connectivity index (χ2v) is 6.51. The first-order valence-electron chi connectivity index (χ1n) is 6.33. The average molecular weight is 321 g/mol. The summed E-state index contributed by atoms with van der Waals surface area (Å²) in [5.41, 5.74) is 2.53. The molecule has 0 saturated carbocycles. The van der Waals surface area contributed by atoms with Gasteiger partial charge in [0.15, 0.2) is 0 Å². The van der Waals surface area contributed by atoms with Crippen LogP contribution in [-0.4, -0.2) is 13.3 Å². The lowest BCUT2D eigenvalue weighted by Crippen LogP contribution is -2.14. The monoisotopic (exact) mass is 321 g/mol. The van der Waals surface area contributed by atoms with Gasteiger partial charge in [-0.05, 0) is 43.2 Å². The number of aryl methyl sites for hydroxylation is 2. The van der Waals surface area contributed by atoms with Crippen LogP contribution in [-0.2, 0) is 10.0 Å². The Morgan fingerprint density at radius 3 is 2.18 bits per heavy atom. The fraction of sp³-hybridized carbons (Fsp3) is 0.143. The fourth-order valence-corrected chi connectivity index (χ4v) is 2.88. The standard InChI is InChI=1S/C14H15N3O4S/c1-9-5-10(2)7-11(6-9)16-13-4-3-12(17(18)19)8-14(13)22(15,20)21/h3-8,16H,1-2H3,(H2,15,20,21). The molecule has 0 aliphatic rings. The van der Waals surface area contributed by atoms with Gasteiger partial charge in [-0.1, -0.05) is 6.07 Å². The van der Waals surface area contributed by atoms with Gasteiger partial charge >= 0.3 is 0 Å². The third-order valence-corrected chi connectivity index (χ3v) is 3.93. The quantitative estimate of drug-likeness (QED) is 0.663. The Labute approximate surface area is 128 Å². The van der Waals surface area contributed by atoms with Crippen molar-refractivity contribution in [1.29, 1.82) is 0 Å². The van der Waals surface area contributed by atoms with Crippen LogP contribution in [0.5, 0.6) is 0 Å². The molecule has 3 N–H and O–H groups in total. The third kappa shape index (κ3) is 3.60. The van der Waals surface area contributed by atoms with Crippen molar-refractivity contribution in [3.8, 4) is 0 Å². The normalized spacial score (nSPS) is 11.2. The molecular weight excluding hydrogens is 306 g/mol. The number of rotatable bonds is 4. The first-order valence-corrected chi connectivity index (χ1v) is 7.88. The van der Waals surface area contributed by atoms with Crippen LogP contribution in [0.2, 0.25) is 0 Å². The zero-order chi connectivity index (χ0) is 16.5. The van der Waals surface area contributed by atoms with E-state index in [-0.39, 0.29) is 16.3 Å². The first-order chi connectivity index (χ1) is 10.2. The summed E-state index contributed by atoms with van der Waals surface area (Å²) in [6, 6.07) is 9.14. The predicted molar refractivity (Wildman–Crippen MR) is 83.7 cm³/mol. The lowest BCUT2D eigenvalue weighted by atomic mass is 10.1. The van der Waals surface area contributed by atoms with Crippen LogP contribution in [0.1, 0.15) is 11.1 Å². The van der Waals surface area contributed by atoms with E-state index in [1.54, 1.807) is 0 Å². The summed E-state index contributed by atoms with van der Waals surface area (Å²) < 4.78 is 23.3. The molecule has 0 heterocycles. The summed E-state index contributed by atoms with van der Waals surface area (Å²) in [7, 11) is -4.10. The fourth-order valence-electron chi connectivity index (χ4n) is 2.17. The van der Waals surface area contributed by atoms with Crippen LogP contribution in [0.4, 0.5) is 17.1 Å². The molecule has 22 heavy (non-hydrogen) atoms. The van der Waals surface area contributed by atoms with E-state index < -0.39 is 14.9 Å². The van der Waals surface area contributed by atoms with E-state index in [4.69, 9.17) is 5.14 Å². The summed E-state index contributed by atoms with van der Waals surface area (Å²) in [6.45, 7) is 3.82. The van der Waals surface area contributed by atoms with Gasteiger partial charge < -0.3 is 5.32 Å². The molecule has 2 rings (SSSR count). The molecule has 2 aromatic carbocycles. The van der Waals surface area contributed by atoms with Crippen LogP contribution in [0.15, 0.2) is 41.3 Å². The van der Waals surface area contributed by atoms with Gasteiger partial charge in [0.2, 0.25) is 10.0 Å². The second-order valence-electron chi connectivity index (χ2n) is 4.98. The molecule has 0 saturated heterocycles. The molecule has 0 fully saturated rings. The van der Waals surface area contributed by atoms with Crippen LogP contribution < -0.4 is 10.5 Å². The number of hydrogen-bond donors (Lipinski definition) is 2. The maximum Gasteiger partial charge on any atom is 0.270 e. The molecule has 8 heteroatoms. The van der Waals surface area contributed by atoms with Crippen molar-refractivity contribution in [2.75, 3.05) is 5.32 Å². The topological polar surface area (TPSA) is 115 Å². The van der Waals surface area contributed by atoms with Crippen molar-refractivity contribution < 1.29 is 13.3 Å². The van der Waals surface area contributed by atoms with Crippen molar-refractivity contribution in [1.82, 2.24) is 0 Å². The minimum atomic E-state index is -4.10. The Kier molecular flexibility index (Phi) is 4.16. The van der Waals surface area contributed by atoms with E-state index in [0.717, 1.165) is 17.2 Å². The Balaban J connectivity index is 2.53. The number of hydrogen-bond acceptors (Lipinski definition) is 5. The number of anilines is 2. The highest BCUT2D eigenvalue weighted by atomic mass is 32.2. The number of nitrogens with two attached hydrogens (primary N) is 1. The smallest absolute Gasteiger partial charge is 0.270 e. The van der Waals surface area contributed by atoms with E-state index in [9.17, 15) is 18.5 Å². The number of sulfonamides is 1. The molecule has 0 atom stereocenters. The van der Waals surface area contributed by atoms with Gasteiger partial charge in [0, 0.05) is 17.8 Å². The molecule has 2 aromatic rings. The van der Waals surface area contributed by atoms with E-state index in [2.05, 4.69) is 5.32 Å². The third-order valence-electron chi connectivity index (χ3n) is 2.98. The van der Waals surface area contributed by atoms with Crippen LogP contribution in [0, 0.1) is 24.0 Å². The van der Waals surface area contributed by atoms with Gasteiger partial charge in [0.1, 0.15) is 4.90 Å². The lowest BCUT2D eigenvalue weighted by molar-refractivity contribution is -0.385. The number of nitrogens with one attached hydrogen (secondary N) is 1. The molecule has 0 radical (unpaired) electrons. The highest BCUT2D eigenvalue weighted by Crippen LogP contribution is 2.28. The van der Waals surface area contributed by atoms with E-state index in [1.807, 2.05) is 32.0 Å². The molecule has 0 aliphatic heterocycles. The van der Waals surface area contributed by atoms with Gasteiger partial charge in [-0.3, -0.25) is 10.1 Å². The van der Waals surface area contributed by atoms with Crippen LogP contribution >= 0.6 is 0 Å². The largest absolute Gasteiger partial charge is 0.354 e. The van der Waals surface area contributed by atoms with Crippen molar-refractivity contribution >= 4 is 27.1 Å². The SMILES string of the molecule is Cc1cc(C)cc(Nc2ccc([N+](=O)[O-])cc2S(N)(=O)=O)c1. The highest BCUT2D eigenvalue weighted by Gasteiger charge is 2.19. The summed E-state index contributed by atoms with van der Waals surface area (Å²) in [5, 5.41) is 18.9. The number of non-ortho nitro benzene ring substituents is 1. The Morgan fingerprint density at radius 1 is 1.09 bits per heavy atom. The van der Waals surface area contributed by atoms with Crippen molar-refractivity contribution in [3.05, 3.63) is 57.6 Å². The number of benzene rings is 2. The lowest BCUT2D eigenvalue weighted by Gasteiger charge is -2.12. The zero-order valence-corrected chi connectivity index (χ0v) is 12.8. The molecule has 0 aliphatic carbocycles. The Morgan fingerprint density at radius 2 is 1.68 bits per heavy atom. The predicted octanol–water partition coefficient (Wildman–Crippen LogP) is 2.60. The van der Waals surface area contributed by atoms with E-state index >= 15 is 0 Å². The zero-order valence-electron chi connectivity index (χ0n) is 12.0. The van der Waals surface area contributed by atoms with Crippen LogP contribution in [0.3, 0.4) is 0 Å². The number of nitro groups is 1. The second kappa shape index (κ2) is 5.74. The maximum absolute atomic E-state index is 11.7. The maximum atomic E-state index is 11.7.